The number of rotatable bonds is 7. The molecule has 19 heavy (non-hydrogen) atoms. The molecule has 2 aromatic heterocycles. The van der Waals surface area contributed by atoms with Gasteiger partial charge in [0.05, 0.1) is 12.3 Å². The largest absolute Gasteiger partial charge is 0.395 e. The highest BCUT2D eigenvalue weighted by atomic mass is 32.1. The van der Waals surface area contributed by atoms with E-state index in [2.05, 4.69) is 33.6 Å². The highest BCUT2D eigenvalue weighted by Gasteiger charge is 2.17. The molecule has 2 heterocycles. The van der Waals surface area contributed by atoms with Crippen LogP contribution in [0.2, 0.25) is 0 Å². The van der Waals surface area contributed by atoms with E-state index in [1.807, 2.05) is 24.4 Å². The standard InChI is InChI=1S/C15H20N2OS/c1-2-15(11-18)17(9-13-6-8-19-12-13)10-14-5-3-4-7-16-14/h3-8,12,15,18H,2,9-11H2,1H3. The van der Waals surface area contributed by atoms with Crippen molar-refractivity contribution >= 4 is 11.3 Å². The molecule has 3 nitrogen and oxygen atoms in total. The summed E-state index contributed by atoms with van der Waals surface area (Å²) in [6.45, 7) is 3.93. The van der Waals surface area contributed by atoms with Gasteiger partial charge in [-0.2, -0.15) is 11.3 Å². The van der Waals surface area contributed by atoms with Crippen LogP contribution in [-0.2, 0) is 13.1 Å². The quantitative estimate of drug-likeness (QED) is 0.844. The molecule has 0 saturated heterocycles. The molecule has 0 bridgehead atoms. The van der Waals surface area contributed by atoms with Crippen LogP contribution in [0.3, 0.4) is 0 Å². The summed E-state index contributed by atoms with van der Waals surface area (Å²) in [7, 11) is 0. The van der Waals surface area contributed by atoms with E-state index >= 15 is 0 Å². The number of hydrogen-bond acceptors (Lipinski definition) is 4. The number of aromatic nitrogens is 1. The minimum atomic E-state index is 0.182. The lowest BCUT2D eigenvalue weighted by Crippen LogP contribution is -2.36. The third-order valence-electron chi connectivity index (χ3n) is 3.26. The summed E-state index contributed by atoms with van der Waals surface area (Å²) in [6.07, 6.45) is 2.76. The zero-order chi connectivity index (χ0) is 13.5. The number of aliphatic hydroxyl groups excluding tert-OH is 1. The molecule has 0 amide bonds. The topological polar surface area (TPSA) is 36.4 Å². The zero-order valence-electron chi connectivity index (χ0n) is 11.2. The molecular formula is C15H20N2OS. The third kappa shape index (κ3) is 4.13. The summed E-state index contributed by atoms with van der Waals surface area (Å²) in [6, 6.07) is 8.29. The third-order valence-corrected chi connectivity index (χ3v) is 3.99. The molecule has 0 radical (unpaired) electrons. The van der Waals surface area contributed by atoms with Gasteiger partial charge < -0.3 is 5.11 Å². The lowest BCUT2D eigenvalue weighted by Gasteiger charge is -2.29. The second-order valence-corrected chi connectivity index (χ2v) is 5.38. The predicted molar refractivity (Wildman–Crippen MR) is 79.0 cm³/mol. The van der Waals surface area contributed by atoms with E-state index in [0.29, 0.717) is 0 Å². The van der Waals surface area contributed by atoms with Crippen LogP contribution in [0, 0.1) is 0 Å². The zero-order valence-corrected chi connectivity index (χ0v) is 12.0. The summed E-state index contributed by atoms with van der Waals surface area (Å²) in [5.74, 6) is 0. The van der Waals surface area contributed by atoms with Crippen molar-refractivity contribution in [3.8, 4) is 0 Å². The highest BCUT2D eigenvalue weighted by Crippen LogP contribution is 2.16. The Bertz CT molecular complexity index is 454. The van der Waals surface area contributed by atoms with Crippen LogP contribution in [0.4, 0.5) is 0 Å². The predicted octanol–water partition coefficient (Wildman–Crippen LogP) is 2.92. The normalized spacial score (nSPS) is 12.8. The van der Waals surface area contributed by atoms with Crippen LogP contribution in [0.25, 0.3) is 0 Å². The fraction of sp³-hybridized carbons (Fsp3) is 0.400. The van der Waals surface area contributed by atoms with Crippen LogP contribution < -0.4 is 0 Å². The molecule has 0 saturated carbocycles. The minimum Gasteiger partial charge on any atom is -0.395 e. The van der Waals surface area contributed by atoms with Crippen LogP contribution in [0.15, 0.2) is 41.2 Å². The van der Waals surface area contributed by atoms with Crippen molar-refractivity contribution in [2.75, 3.05) is 6.61 Å². The first-order valence-corrected chi connectivity index (χ1v) is 7.53. The first-order chi connectivity index (χ1) is 9.33. The van der Waals surface area contributed by atoms with Gasteiger partial charge in [0.1, 0.15) is 0 Å². The second-order valence-electron chi connectivity index (χ2n) is 4.60. The smallest absolute Gasteiger partial charge is 0.0587 e. The number of pyridine rings is 1. The van der Waals surface area contributed by atoms with Crippen molar-refractivity contribution in [2.24, 2.45) is 0 Å². The first-order valence-electron chi connectivity index (χ1n) is 6.59. The Morgan fingerprint density at radius 1 is 1.32 bits per heavy atom. The SMILES string of the molecule is CCC(CO)N(Cc1ccsc1)Cc1ccccn1. The molecule has 1 N–H and O–H groups in total. The molecule has 4 heteroatoms. The van der Waals surface area contributed by atoms with Crippen LogP contribution in [0.5, 0.6) is 0 Å². The van der Waals surface area contributed by atoms with E-state index in [1.165, 1.54) is 5.56 Å². The maximum Gasteiger partial charge on any atom is 0.0587 e. The summed E-state index contributed by atoms with van der Waals surface area (Å²) in [4.78, 5) is 6.67. The van der Waals surface area contributed by atoms with Gasteiger partial charge in [0.2, 0.25) is 0 Å². The van der Waals surface area contributed by atoms with Crippen molar-refractivity contribution in [1.29, 1.82) is 0 Å². The van der Waals surface area contributed by atoms with Crippen LogP contribution >= 0.6 is 11.3 Å². The Hall–Kier alpha value is -1.23. The Balaban J connectivity index is 2.09. The summed E-state index contributed by atoms with van der Waals surface area (Å²) < 4.78 is 0. The molecule has 1 atom stereocenters. The molecule has 2 rings (SSSR count). The van der Waals surface area contributed by atoms with Crippen molar-refractivity contribution in [2.45, 2.75) is 32.5 Å². The van der Waals surface area contributed by atoms with Crippen molar-refractivity contribution in [3.63, 3.8) is 0 Å². The first kappa shape index (κ1) is 14.2. The van der Waals surface area contributed by atoms with Gasteiger partial charge in [-0.3, -0.25) is 9.88 Å². The van der Waals surface area contributed by atoms with Crippen LogP contribution in [-0.4, -0.2) is 27.6 Å². The fourth-order valence-corrected chi connectivity index (χ4v) is 2.79. The highest BCUT2D eigenvalue weighted by molar-refractivity contribution is 7.07. The molecule has 0 aliphatic carbocycles. The van der Waals surface area contributed by atoms with Gasteiger partial charge in [0.25, 0.3) is 0 Å². The van der Waals surface area contributed by atoms with Gasteiger partial charge >= 0.3 is 0 Å². The molecule has 2 aromatic rings. The Morgan fingerprint density at radius 3 is 2.79 bits per heavy atom. The minimum absolute atomic E-state index is 0.182. The van der Waals surface area contributed by atoms with E-state index in [-0.39, 0.29) is 12.6 Å². The Labute approximate surface area is 118 Å². The fourth-order valence-electron chi connectivity index (χ4n) is 2.13. The number of aliphatic hydroxyl groups is 1. The number of nitrogens with zero attached hydrogens (tertiary/aromatic N) is 2. The van der Waals surface area contributed by atoms with E-state index in [4.69, 9.17) is 0 Å². The molecule has 0 aliphatic heterocycles. The summed E-state index contributed by atoms with van der Waals surface area (Å²) >= 11 is 1.71. The molecule has 1 unspecified atom stereocenters. The summed E-state index contributed by atoms with van der Waals surface area (Å²) in [5, 5.41) is 13.8. The van der Waals surface area contributed by atoms with E-state index < -0.39 is 0 Å². The lowest BCUT2D eigenvalue weighted by molar-refractivity contribution is 0.105. The van der Waals surface area contributed by atoms with Crippen LogP contribution in [0.1, 0.15) is 24.6 Å². The Kier molecular flexibility index (Phi) is 5.51. The molecule has 102 valence electrons. The number of thiophene rings is 1. The van der Waals surface area contributed by atoms with Gasteiger partial charge in [-0.1, -0.05) is 13.0 Å². The van der Waals surface area contributed by atoms with E-state index in [9.17, 15) is 5.11 Å². The lowest BCUT2D eigenvalue weighted by atomic mass is 10.1. The average molecular weight is 276 g/mol. The van der Waals surface area contributed by atoms with E-state index in [0.717, 1.165) is 25.2 Å². The monoisotopic (exact) mass is 276 g/mol. The maximum atomic E-state index is 9.54. The second kappa shape index (κ2) is 7.38. The molecular weight excluding hydrogens is 256 g/mol. The average Bonchev–Trinajstić information content (AvgIpc) is 2.94. The Morgan fingerprint density at radius 2 is 2.21 bits per heavy atom. The van der Waals surface area contributed by atoms with Crippen molar-refractivity contribution < 1.29 is 5.11 Å². The summed E-state index contributed by atoms with van der Waals surface area (Å²) in [5.41, 5.74) is 2.34. The van der Waals surface area contributed by atoms with Gasteiger partial charge in [-0.05, 0) is 40.9 Å². The van der Waals surface area contributed by atoms with Gasteiger partial charge in [-0.15, -0.1) is 0 Å². The van der Waals surface area contributed by atoms with Crippen molar-refractivity contribution in [1.82, 2.24) is 9.88 Å². The molecule has 0 aliphatic rings. The molecule has 0 aromatic carbocycles. The molecule has 0 fully saturated rings. The van der Waals surface area contributed by atoms with Gasteiger partial charge in [0.15, 0.2) is 0 Å². The van der Waals surface area contributed by atoms with E-state index in [1.54, 1.807) is 11.3 Å². The van der Waals surface area contributed by atoms with Crippen molar-refractivity contribution in [3.05, 3.63) is 52.5 Å². The van der Waals surface area contributed by atoms with Gasteiger partial charge in [0, 0.05) is 25.3 Å². The maximum absolute atomic E-state index is 9.54. The number of hydrogen-bond donors (Lipinski definition) is 1. The molecule has 0 spiro atoms. The van der Waals surface area contributed by atoms with Gasteiger partial charge in [-0.25, -0.2) is 0 Å².